The Kier molecular flexibility index (Phi) is 14.0. The summed E-state index contributed by atoms with van der Waals surface area (Å²) in [7, 11) is 0. The Morgan fingerprint density at radius 2 is 1.09 bits per heavy atom. The summed E-state index contributed by atoms with van der Waals surface area (Å²) in [5.74, 6) is -5.43. The van der Waals surface area contributed by atoms with Crippen LogP contribution < -0.4 is 10.8 Å². The van der Waals surface area contributed by atoms with Crippen molar-refractivity contribution in [3.8, 4) is 0 Å². The van der Waals surface area contributed by atoms with Crippen LogP contribution in [0.3, 0.4) is 0 Å². The Hall–Kier alpha value is -0.590. The van der Waals surface area contributed by atoms with Gasteiger partial charge >= 0.3 is 11.9 Å². The third-order valence-corrected chi connectivity index (χ3v) is 12.3. The molecule has 252 valence electrons. The summed E-state index contributed by atoms with van der Waals surface area (Å²) in [5, 5.41) is 30.4. The Balaban J connectivity index is 1.13. The highest BCUT2D eigenvalue weighted by Gasteiger charge is 2.49. The molecule has 0 aromatic rings. The molecule has 0 aromatic heterocycles. The van der Waals surface area contributed by atoms with Crippen LogP contribution in [-0.4, -0.2) is 92.3 Å². The lowest BCUT2D eigenvalue weighted by atomic mass is 9.68. The highest BCUT2D eigenvalue weighted by Crippen LogP contribution is 2.43. The number of aliphatic carboxylic acids is 2. The minimum atomic E-state index is -1.09. The molecule has 1 amide bonds. The number of hydrogen-bond acceptors (Lipinski definition) is 7. The fourth-order valence-corrected chi connectivity index (χ4v) is 9.54. The predicted octanol–water partition coefficient (Wildman–Crippen LogP) is 5.00. The first-order chi connectivity index (χ1) is 21.0. The lowest BCUT2D eigenvalue weighted by molar-refractivity contribution is -0.148. The molecule has 4 aliphatic rings. The number of carbonyl (C=O) groups is 3. The summed E-state index contributed by atoms with van der Waals surface area (Å²) in [6.07, 6.45) is 8.49. The lowest BCUT2D eigenvalue weighted by Crippen LogP contribution is -2.54. The second-order valence-electron chi connectivity index (χ2n) is 13.0. The molecule has 0 heterocycles. The maximum atomic E-state index is 13.0. The van der Waals surface area contributed by atoms with E-state index < -0.39 is 57.8 Å². The highest BCUT2D eigenvalue weighted by molar-refractivity contribution is 6.25. The van der Waals surface area contributed by atoms with Gasteiger partial charge in [-0.3, -0.25) is 14.4 Å². The van der Waals surface area contributed by atoms with E-state index in [1.807, 2.05) is 0 Å². The van der Waals surface area contributed by atoms with E-state index in [4.69, 9.17) is 55.9 Å². The molecule has 4 rings (SSSR count). The van der Waals surface area contributed by atoms with Gasteiger partial charge in [0.15, 0.2) is 0 Å². The first-order valence-corrected chi connectivity index (χ1v) is 17.7. The number of carboxylic acids is 2. The molecule has 0 bridgehead atoms. The minimum absolute atomic E-state index is 0.0520. The lowest BCUT2D eigenvalue weighted by Gasteiger charge is -2.44. The molecule has 4 fully saturated rings. The van der Waals surface area contributed by atoms with E-state index in [9.17, 15) is 29.8 Å². The molecular weight excluding hydrogens is 658 g/mol. The fraction of sp³-hybridized carbons (Fsp3) is 0.900. The number of ether oxygens (including phenoxy) is 2. The molecule has 14 heteroatoms. The molecular formula is C30H46Cl4N2O8. The van der Waals surface area contributed by atoms with Crippen LogP contribution in [0.5, 0.6) is 0 Å². The van der Waals surface area contributed by atoms with Gasteiger partial charge in [0, 0.05) is 39.5 Å². The van der Waals surface area contributed by atoms with Gasteiger partial charge in [0.2, 0.25) is 5.91 Å². The Morgan fingerprint density at radius 1 is 0.636 bits per heavy atom. The van der Waals surface area contributed by atoms with Crippen LogP contribution in [0, 0.1) is 29.6 Å². The third kappa shape index (κ3) is 9.06. The van der Waals surface area contributed by atoms with E-state index in [0.29, 0.717) is 38.9 Å². The second kappa shape index (κ2) is 17.0. The second-order valence-corrected chi connectivity index (χ2v) is 15.2. The average Bonchev–Trinajstić information content (AvgIpc) is 2.99. The summed E-state index contributed by atoms with van der Waals surface area (Å²) >= 11 is 25.6. The van der Waals surface area contributed by atoms with E-state index in [2.05, 4.69) is 10.8 Å². The van der Waals surface area contributed by atoms with Crippen molar-refractivity contribution >= 4 is 64.2 Å². The van der Waals surface area contributed by atoms with Gasteiger partial charge in [-0.15, -0.1) is 46.4 Å². The maximum Gasteiger partial charge on any atom is 0.308 e. The number of amides is 1. The number of nitrogens with one attached hydrogen (secondary N) is 2. The van der Waals surface area contributed by atoms with Crippen LogP contribution >= 0.6 is 46.4 Å². The van der Waals surface area contributed by atoms with E-state index in [1.165, 1.54) is 0 Å². The maximum absolute atomic E-state index is 13.0. The van der Waals surface area contributed by atoms with Gasteiger partial charge in [0.25, 0.3) is 0 Å². The van der Waals surface area contributed by atoms with Gasteiger partial charge in [-0.25, -0.2) is 5.48 Å². The Morgan fingerprint density at radius 3 is 1.59 bits per heavy atom. The van der Waals surface area contributed by atoms with Crippen LogP contribution in [-0.2, 0) is 23.9 Å². The minimum Gasteiger partial charge on any atom is -0.481 e. The number of carbonyl (C=O) groups excluding carboxylic acids is 1. The zero-order chi connectivity index (χ0) is 32.0. The molecule has 9 atom stereocenters. The van der Waals surface area contributed by atoms with Crippen molar-refractivity contribution in [2.45, 2.75) is 123 Å². The summed E-state index contributed by atoms with van der Waals surface area (Å²) < 4.78 is 12.1. The first-order valence-electron chi connectivity index (χ1n) is 16.0. The molecule has 4 aliphatic carbocycles. The summed E-state index contributed by atoms with van der Waals surface area (Å²) in [6, 6.07) is -0.497. The number of hydroxylamine groups is 1. The molecule has 5 N–H and O–H groups in total. The number of carboxylic acid groups (broad SMARTS) is 2. The summed E-state index contributed by atoms with van der Waals surface area (Å²) in [6.45, 7) is 0.924. The Labute approximate surface area is 279 Å². The molecule has 0 radical (unpaired) electrons. The van der Waals surface area contributed by atoms with E-state index in [-0.39, 0.29) is 35.5 Å². The number of alkyl halides is 4. The van der Waals surface area contributed by atoms with Gasteiger partial charge in [-0.05, 0) is 83.0 Å². The van der Waals surface area contributed by atoms with Gasteiger partial charge in [0.1, 0.15) is 0 Å². The van der Waals surface area contributed by atoms with Crippen molar-refractivity contribution < 1.29 is 39.3 Å². The summed E-state index contributed by atoms with van der Waals surface area (Å²) in [5.41, 5.74) is 2.40. The van der Waals surface area contributed by atoms with Gasteiger partial charge in [-0.2, -0.15) is 0 Å². The fourth-order valence-electron chi connectivity index (χ4n) is 7.91. The van der Waals surface area contributed by atoms with Crippen molar-refractivity contribution in [3.63, 3.8) is 0 Å². The van der Waals surface area contributed by atoms with Crippen molar-refractivity contribution in [1.29, 1.82) is 0 Å². The van der Waals surface area contributed by atoms with Crippen LogP contribution in [0.25, 0.3) is 0 Å². The van der Waals surface area contributed by atoms with E-state index >= 15 is 0 Å². The number of halogens is 4. The topological polar surface area (TPSA) is 154 Å². The third-order valence-electron chi connectivity index (χ3n) is 10.3. The molecule has 4 saturated carbocycles. The van der Waals surface area contributed by atoms with Gasteiger partial charge in [0.05, 0.1) is 43.2 Å². The van der Waals surface area contributed by atoms with Crippen LogP contribution in [0.1, 0.15) is 77.0 Å². The molecule has 0 aromatic carbocycles. The molecule has 0 aliphatic heterocycles. The zero-order valence-corrected chi connectivity index (χ0v) is 27.8. The quantitative estimate of drug-likeness (QED) is 0.107. The van der Waals surface area contributed by atoms with Crippen molar-refractivity contribution in [2.75, 3.05) is 13.2 Å². The Bertz CT molecular complexity index is 965. The van der Waals surface area contributed by atoms with E-state index in [1.54, 1.807) is 0 Å². The molecule has 0 spiro atoms. The summed E-state index contributed by atoms with van der Waals surface area (Å²) in [4.78, 5) is 36.7. The highest BCUT2D eigenvalue weighted by atomic mass is 35.5. The normalized spacial score (nSPS) is 40.6. The standard InChI is InChI=1S/C30H46Cl4N2O8/c31-19-9-11-21(33)25(29(38)39)23(19)27(36-42)15-1-5-17(6-2-15)43-13-14-44-18-7-3-16(4-8-18)35-28(37)24-20(32)10-12-22(34)26(24)30(40)41/h15-27,36,42H,1-14H2,(H,35,37)(H,38,39)(H,40,41). The van der Waals surface area contributed by atoms with Crippen molar-refractivity contribution in [2.24, 2.45) is 29.6 Å². The monoisotopic (exact) mass is 702 g/mol. The number of hydrogen-bond donors (Lipinski definition) is 5. The molecule has 9 unspecified atom stereocenters. The predicted molar refractivity (Wildman–Crippen MR) is 167 cm³/mol. The van der Waals surface area contributed by atoms with Crippen molar-refractivity contribution in [3.05, 3.63) is 0 Å². The van der Waals surface area contributed by atoms with Gasteiger partial charge in [-0.1, -0.05) is 0 Å². The molecule has 10 nitrogen and oxygen atoms in total. The van der Waals surface area contributed by atoms with Crippen molar-refractivity contribution in [1.82, 2.24) is 10.8 Å². The smallest absolute Gasteiger partial charge is 0.308 e. The van der Waals surface area contributed by atoms with Crippen LogP contribution in [0.4, 0.5) is 0 Å². The van der Waals surface area contributed by atoms with Gasteiger partial charge < -0.3 is 30.2 Å². The van der Waals surface area contributed by atoms with Crippen LogP contribution in [0.15, 0.2) is 0 Å². The average molecular weight is 705 g/mol. The first kappa shape index (κ1) is 36.2. The molecule has 0 saturated heterocycles. The van der Waals surface area contributed by atoms with Crippen LogP contribution in [0.2, 0.25) is 0 Å². The number of rotatable bonds is 12. The largest absolute Gasteiger partial charge is 0.481 e. The van der Waals surface area contributed by atoms with E-state index in [0.717, 1.165) is 51.4 Å². The SMILES string of the molecule is O=C(O)C1C(Cl)CCC(Cl)C1C(=O)NC1CCC(OCCOC2CCC(C(NO)C3C(Cl)CCC(Cl)C3C(=O)O)CC2)CC1. The molecule has 44 heavy (non-hydrogen) atoms. The zero-order valence-electron chi connectivity index (χ0n) is 24.8.